The molecule has 0 saturated carbocycles. The van der Waals surface area contributed by atoms with E-state index >= 15 is 0 Å². The van der Waals surface area contributed by atoms with Crippen LogP contribution >= 0.6 is 0 Å². The molecular formula is C17H23F2N3O5S. The van der Waals surface area contributed by atoms with Crippen LogP contribution < -0.4 is 10.1 Å². The van der Waals surface area contributed by atoms with Gasteiger partial charge in [-0.25, -0.2) is 18.2 Å². The lowest BCUT2D eigenvalue weighted by Crippen LogP contribution is -2.79. The Morgan fingerprint density at radius 3 is 2.46 bits per heavy atom. The number of hydrogen-bond donors (Lipinski definition) is 1. The molecule has 1 amide bonds. The minimum atomic E-state index is -4.02. The second kappa shape index (κ2) is 6.80. The largest absolute Gasteiger partial charge is 0.444 e. The topological polar surface area (TPSA) is 97.8 Å². The molecule has 8 nitrogen and oxygen atoms in total. The number of likely N-dealkylation sites (tertiary alicyclic amines) is 1. The molecule has 2 saturated heterocycles. The van der Waals surface area contributed by atoms with Gasteiger partial charge in [-0.15, -0.1) is 0 Å². The van der Waals surface area contributed by atoms with Gasteiger partial charge < -0.3 is 14.8 Å². The molecule has 2 fully saturated rings. The molecule has 3 rings (SSSR count). The monoisotopic (exact) mass is 419 g/mol. The van der Waals surface area contributed by atoms with Crippen molar-refractivity contribution >= 4 is 15.9 Å². The maximum atomic E-state index is 13.4. The van der Waals surface area contributed by atoms with Gasteiger partial charge in [0, 0.05) is 31.1 Å². The second-order valence-corrected chi connectivity index (χ2v) is 10.1. The summed E-state index contributed by atoms with van der Waals surface area (Å²) in [6.07, 6.45) is -0.707. The van der Waals surface area contributed by atoms with Gasteiger partial charge in [0.15, 0.2) is 5.37 Å². The van der Waals surface area contributed by atoms with Gasteiger partial charge in [0.25, 0.3) is 0 Å². The molecule has 1 aromatic heterocycles. The van der Waals surface area contributed by atoms with Crippen LogP contribution in [-0.2, 0) is 14.6 Å². The Morgan fingerprint density at radius 1 is 1.36 bits per heavy atom. The lowest BCUT2D eigenvalue weighted by molar-refractivity contribution is -0.0734. The maximum Gasteiger partial charge on any atom is 0.411 e. The number of aryl methyl sites for hydroxylation is 1. The van der Waals surface area contributed by atoms with E-state index in [1.54, 1.807) is 20.8 Å². The molecule has 2 aliphatic heterocycles. The van der Waals surface area contributed by atoms with E-state index in [1.807, 2.05) is 0 Å². The Labute approximate surface area is 162 Å². The van der Waals surface area contributed by atoms with E-state index in [4.69, 9.17) is 4.74 Å². The van der Waals surface area contributed by atoms with Crippen molar-refractivity contribution in [2.75, 3.05) is 19.6 Å². The molecule has 11 heteroatoms. The van der Waals surface area contributed by atoms with Crippen molar-refractivity contribution < 1.29 is 31.5 Å². The van der Waals surface area contributed by atoms with Gasteiger partial charge in [-0.05, 0) is 33.8 Å². The zero-order valence-electron chi connectivity index (χ0n) is 16.0. The predicted molar refractivity (Wildman–Crippen MR) is 94.8 cm³/mol. The summed E-state index contributed by atoms with van der Waals surface area (Å²) in [5.41, 5.74) is -1.34. The van der Waals surface area contributed by atoms with Crippen molar-refractivity contribution in [2.45, 2.75) is 50.2 Å². The molecule has 2 aliphatic rings. The van der Waals surface area contributed by atoms with E-state index in [0.29, 0.717) is 13.1 Å². The van der Waals surface area contributed by atoms with Crippen molar-refractivity contribution in [2.24, 2.45) is 5.41 Å². The summed E-state index contributed by atoms with van der Waals surface area (Å²) in [6, 6.07) is 2.26. The van der Waals surface area contributed by atoms with Crippen molar-refractivity contribution in [1.29, 1.82) is 0 Å². The first-order chi connectivity index (χ1) is 12.9. The molecule has 1 N–H and O–H groups in total. The van der Waals surface area contributed by atoms with E-state index in [2.05, 4.69) is 15.0 Å². The Morgan fingerprint density at radius 2 is 2.00 bits per heavy atom. The minimum absolute atomic E-state index is 0.0246. The number of sulfone groups is 1. The zero-order chi connectivity index (χ0) is 20.9. The van der Waals surface area contributed by atoms with E-state index in [-0.39, 0.29) is 23.0 Å². The van der Waals surface area contributed by atoms with Crippen molar-refractivity contribution in [3.8, 4) is 5.88 Å². The first-order valence-electron chi connectivity index (χ1n) is 8.72. The number of pyridine rings is 1. The van der Waals surface area contributed by atoms with Crippen LogP contribution in [0, 0.1) is 12.3 Å². The number of aromatic nitrogens is 1. The van der Waals surface area contributed by atoms with Crippen LogP contribution in [0.4, 0.5) is 13.6 Å². The van der Waals surface area contributed by atoms with Crippen LogP contribution in [0.3, 0.4) is 0 Å². The van der Waals surface area contributed by atoms with Gasteiger partial charge in [0.2, 0.25) is 15.7 Å². The van der Waals surface area contributed by atoms with Gasteiger partial charge in [0.1, 0.15) is 5.60 Å². The molecule has 3 heterocycles. The third-order valence-electron chi connectivity index (χ3n) is 4.70. The molecular weight excluding hydrogens is 396 g/mol. The Kier molecular flexibility index (Phi) is 5.03. The summed E-state index contributed by atoms with van der Waals surface area (Å²) >= 11 is 0. The third kappa shape index (κ3) is 3.64. The fraction of sp³-hybridized carbons (Fsp3) is 0.647. The van der Waals surface area contributed by atoms with Crippen LogP contribution in [0.15, 0.2) is 17.0 Å². The number of nitrogens with zero attached hydrogens (tertiary/aromatic N) is 2. The van der Waals surface area contributed by atoms with Crippen molar-refractivity contribution in [3.63, 3.8) is 0 Å². The SMILES string of the molecule is Cc1nc(OC(F)F)ccc1S(=O)(=O)C1N(C(=O)OC(C)(C)C)CC12CNC2. The molecule has 0 bridgehead atoms. The zero-order valence-corrected chi connectivity index (χ0v) is 16.8. The number of carbonyl (C=O) groups is 1. The highest BCUT2D eigenvalue weighted by Crippen LogP contribution is 2.47. The number of carbonyl (C=O) groups excluding carboxylic acids is 1. The number of ether oxygens (including phenoxy) is 2. The number of nitrogens with one attached hydrogen (secondary N) is 1. The highest BCUT2D eigenvalue weighted by atomic mass is 32.2. The van der Waals surface area contributed by atoms with E-state index in [1.165, 1.54) is 17.9 Å². The molecule has 0 radical (unpaired) electrons. The summed E-state index contributed by atoms with van der Waals surface area (Å²) < 4.78 is 61.0. The third-order valence-corrected chi connectivity index (χ3v) is 7.08. The average Bonchev–Trinajstić information content (AvgIpc) is 2.40. The first kappa shape index (κ1) is 20.7. The normalized spacial score (nSPS) is 21.2. The van der Waals surface area contributed by atoms with Crippen LogP contribution in [0.1, 0.15) is 26.5 Å². The van der Waals surface area contributed by atoms with E-state index in [0.717, 1.165) is 6.07 Å². The summed E-state index contributed by atoms with van der Waals surface area (Å²) in [5.74, 6) is -0.371. The molecule has 1 aromatic rings. The quantitative estimate of drug-likeness (QED) is 0.796. The minimum Gasteiger partial charge on any atom is -0.444 e. The lowest BCUT2D eigenvalue weighted by atomic mass is 9.74. The summed E-state index contributed by atoms with van der Waals surface area (Å²) in [6.45, 7) is 4.60. The van der Waals surface area contributed by atoms with Gasteiger partial charge in [-0.1, -0.05) is 0 Å². The molecule has 28 heavy (non-hydrogen) atoms. The second-order valence-electron chi connectivity index (χ2n) is 8.08. The highest BCUT2D eigenvalue weighted by Gasteiger charge is 2.64. The van der Waals surface area contributed by atoms with Crippen LogP contribution in [0.5, 0.6) is 5.88 Å². The molecule has 0 aromatic carbocycles. The Hall–Kier alpha value is -2.01. The van der Waals surface area contributed by atoms with E-state index < -0.39 is 38.9 Å². The smallest absolute Gasteiger partial charge is 0.411 e. The number of hydrogen-bond acceptors (Lipinski definition) is 7. The maximum absolute atomic E-state index is 13.4. The van der Waals surface area contributed by atoms with E-state index in [9.17, 15) is 22.0 Å². The lowest BCUT2D eigenvalue weighted by Gasteiger charge is -2.60. The number of rotatable bonds is 4. The summed E-state index contributed by atoms with van der Waals surface area (Å²) in [4.78, 5) is 17.4. The van der Waals surface area contributed by atoms with Crippen molar-refractivity contribution in [1.82, 2.24) is 15.2 Å². The first-order valence-corrected chi connectivity index (χ1v) is 10.3. The molecule has 1 unspecified atom stereocenters. The highest BCUT2D eigenvalue weighted by molar-refractivity contribution is 7.92. The Balaban J connectivity index is 1.92. The van der Waals surface area contributed by atoms with Crippen molar-refractivity contribution in [3.05, 3.63) is 17.8 Å². The van der Waals surface area contributed by atoms with Gasteiger partial charge >= 0.3 is 12.7 Å². The molecule has 156 valence electrons. The summed E-state index contributed by atoms with van der Waals surface area (Å²) in [5, 5.41) is 1.94. The Bertz CT molecular complexity index is 881. The molecule has 1 atom stereocenters. The van der Waals surface area contributed by atoms with Crippen LogP contribution in [0.2, 0.25) is 0 Å². The number of halogens is 2. The fourth-order valence-corrected chi connectivity index (χ4v) is 5.88. The standard InChI is InChI=1S/C17H23F2N3O5S/c1-10-11(5-6-12(21-10)26-14(18)19)28(24,25)13-17(7-20-8-17)9-22(13)15(23)27-16(2,3)4/h5-6,13-14,20H,7-9H2,1-4H3. The number of amides is 1. The number of alkyl halides is 2. The predicted octanol–water partition coefficient (Wildman–Crippen LogP) is 1.93. The van der Waals surface area contributed by atoms with Crippen LogP contribution in [-0.4, -0.2) is 61.6 Å². The molecule has 1 spiro atoms. The fourth-order valence-electron chi connectivity index (χ4n) is 3.53. The van der Waals surface area contributed by atoms with Gasteiger partial charge in [-0.2, -0.15) is 8.78 Å². The van der Waals surface area contributed by atoms with Gasteiger partial charge in [-0.3, -0.25) is 4.90 Å². The van der Waals surface area contributed by atoms with Crippen LogP contribution in [0.25, 0.3) is 0 Å². The van der Waals surface area contributed by atoms with Gasteiger partial charge in [0.05, 0.1) is 10.6 Å². The summed E-state index contributed by atoms with van der Waals surface area (Å²) in [7, 11) is -4.02. The molecule has 0 aliphatic carbocycles. The average molecular weight is 419 g/mol.